The monoisotopic (exact) mass is 862 g/mol. The fraction of sp³-hybridized carbons (Fsp3) is 0.133. The molecule has 0 radical (unpaired) electrons. The molecule has 0 aliphatic rings. The van der Waals surface area contributed by atoms with Crippen LogP contribution in [0.2, 0.25) is 0 Å². The van der Waals surface area contributed by atoms with Gasteiger partial charge in [-0.1, -0.05) is 129 Å². The molecule has 2 N–H and O–H groups in total. The predicted octanol–water partition coefficient (Wildman–Crippen LogP) is 10.1. The highest BCUT2D eigenvalue weighted by Gasteiger charge is 2.33. The minimum atomic E-state index is -0.711. The summed E-state index contributed by atoms with van der Waals surface area (Å²) in [5.74, 6) is 0.526. The largest absolute Gasteiger partial charge is 0.364 e. The Balaban J connectivity index is 1.21. The lowest BCUT2D eigenvalue weighted by atomic mass is 9.93. The summed E-state index contributed by atoms with van der Waals surface area (Å²) in [4.78, 5) is 44.2. The zero-order chi connectivity index (χ0) is 38.3. The Hall–Kier alpha value is -5.91. The highest BCUT2D eigenvalue weighted by Crippen LogP contribution is 2.37. The Morgan fingerprint density at radius 1 is 0.500 bits per heavy atom. The maximum atomic E-state index is 14.9. The number of hydrogen-bond acceptors (Lipinski definition) is 9. The molecule has 0 aliphatic heterocycles. The molecule has 276 valence electrons. The number of carbonyl (C=O) groups is 1. The van der Waals surface area contributed by atoms with Crippen LogP contribution in [0.3, 0.4) is 0 Å². The molecule has 9 nitrogen and oxygen atoms in total. The molecule has 0 saturated heterocycles. The summed E-state index contributed by atoms with van der Waals surface area (Å²) in [7, 11) is 0. The molecule has 8 aromatic rings. The fourth-order valence-corrected chi connectivity index (χ4v) is 8.04. The summed E-state index contributed by atoms with van der Waals surface area (Å²) in [6, 6.07) is 44.0. The van der Waals surface area contributed by atoms with Crippen LogP contribution in [0.4, 0.5) is 11.6 Å². The topological polar surface area (TPSA) is 118 Å². The van der Waals surface area contributed by atoms with Crippen molar-refractivity contribution in [2.45, 2.75) is 24.9 Å². The van der Waals surface area contributed by atoms with Gasteiger partial charge in [0.05, 0.1) is 58.1 Å². The first-order valence-corrected chi connectivity index (χ1v) is 20.5. The molecule has 0 amide bonds. The predicted molar refractivity (Wildman–Crippen MR) is 231 cm³/mol. The summed E-state index contributed by atoms with van der Waals surface area (Å²) < 4.78 is 0. The van der Waals surface area contributed by atoms with E-state index in [0.717, 1.165) is 55.4 Å². The average molecular weight is 865 g/mol. The number of nitrogens with one attached hydrogen (secondary N) is 2. The highest BCUT2D eigenvalue weighted by molar-refractivity contribution is 9.09. The van der Waals surface area contributed by atoms with Gasteiger partial charge < -0.3 is 10.6 Å². The Morgan fingerprint density at radius 3 is 1.32 bits per heavy atom. The van der Waals surface area contributed by atoms with Crippen LogP contribution in [-0.4, -0.2) is 46.3 Å². The zero-order valence-corrected chi connectivity index (χ0v) is 33.4. The van der Waals surface area contributed by atoms with Gasteiger partial charge in [-0.25, -0.2) is 19.9 Å². The number of anilines is 2. The lowest BCUT2D eigenvalue weighted by Crippen LogP contribution is -2.27. The first kappa shape index (κ1) is 37.0. The van der Waals surface area contributed by atoms with Crippen molar-refractivity contribution in [2.75, 3.05) is 21.3 Å². The van der Waals surface area contributed by atoms with Gasteiger partial charge in [0, 0.05) is 23.1 Å². The van der Waals surface area contributed by atoms with Gasteiger partial charge in [-0.3, -0.25) is 14.8 Å². The molecule has 2 unspecified atom stereocenters. The standard InChI is InChI=1S/C45H36Br2N8O/c46-25-35(42-52-37-21-11-19-33(29-13-3-1-4-14-29)39(37)44(54-42)50-27-31-17-7-9-23-48-31)41(56)36(26-47)43-53-38-22-12-20-34(30-15-5-2-6-16-30)40(38)45(55-43)51-28-32-18-8-10-24-49-32/h1-24,35-36H,25-28H2,(H,50,52,54)(H,51,53,55). The number of carbonyl (C=O) groups excluding carboxylic acids is 1. The van der Waals surface area contributed by atoms with E-state index in [4.69, 9.17) is 19.9 Å². The third kappa shape index (κ3) is 7.91. The second-order valence-corrected chi connectivity index (χ2v) is 14.5. The molecule has 2 atom stereocenters. The number of nitrogens with zero attached hydrogens (tertiary/aromatic N) is 6. The van der Waals surface area contributed by atoms with Crippen molar-refractivity contribution in [3.63, 3.8) is 0 Å². The number of pyridine rings is 2. The maximum absolute atomic E-state index is 14.9. The van der Waals surface area contributed by atoms with Crippen LogP contribution in [-0.2, 0) is 17.9 Å². The van der Waals surface area contributed by atoms with Crippen molar-refractivity contribution in [2.24, 2.45) is 0 Å². The highest BCUT2D eigenvalue weighted by atomic mass is 79.9. The molecule has 4 aromatic heterocycles. The molecule has 0 saturated carbocycles. The fourth-order valence-electron chi connectivity index (χ4n) is 6.83. The van der Waals surface area contributed by atoms with Gasteiger partial charge in [0.15, 0.2) is 5.78 Å². The number of halogens is 2. The van der Waals surface area contributed by atoms with Gasteiger partial charge in [-0.05, 0) is 58.7 Å². The average Bonchev–Trinajstić information content (AvgIpc) is 3.26. The van der Waals surface area contributed by atoms with Gasteiger partial charge in [0.1, 0.15) is 23.3 Å². The molecule has 56 heavy (non-hydrogen) atoms. The SMILES string of the molecule is O=C(C(CBr)c1nc(NCc2ccccn2)c2c(-c3ccccc3)cccc2n1)C(CBr)c1nc(NCc2ccccn2)c2c(-c3ccccc3)cccc2n1. The van der Waals surface area contributed by atoms with Gasteiger partial charge in [0.2, 0.25) is 0 Å². The van der Waals surface area contributed by atoms with Crippen LogP contribution in [0.5, 0.6) is 0 Å². The summed E-state index contributed by atoms with van der Waals surface area (Å²) >= 11 is 7.35. The van der Waals surface area contributed by atoms with E-state index in [9.17, 15) is 4.79 Å². The molecule has 0 aliphatic carbocycles. The third-order valence-electron chi connectivity index (χ3n) is 9.60. The number of benzene rings is 4. The zero-order valence-electron chi connectivity index (χ0n) is 30.2. The molecular weight excluding hydrogens is 828 g/mol. The van der Waals surface area contributed by atoms with Crippen molar-refractivity contribution < 1.29 is 4.79 Å². The summed E-state index contributed by atoms with van der Waals surface area (Å²) in [6.07, 6.45) is 3.54. The smallest absolute Gasteiger partial charge is 0.155 e. The van der Waals surface area contributed by atoms with Gasteiger partial charge in [-0.15, -0.1) is 0 Å². The summed E-state index contributed by atoms with van der Waals surface area (Å²) in [6.45, 7) is 0.882. The molecule has 4 aromatic carbocycles. The first-order chi connectivity index (χ1) is 27.6. The second-order valence-electron chi connectivity index (χ2n) is 13.2. The molecule has 0 bridgehead atoms. The van der Waals surface area contributed by atoms with Crippen molar-refractivity contribution in [3.8, 4) is 22.3 Å². The van der Waals surface area contributed by atoms with E-state index in [1.165, 1.54) is 0 Å². The normalized spacial score (nSPS) is 12.3. The minimum Gasteiger partial charge on any atom is -0.364 e. The van der Waals surface area contributed by atoms with Crippen LogP contribution in [0, 0.1) is 0 Å². The second kappa shape index (κ2) is 17.3. The number of fused-ring (bicyclic) bond motifs is 2. The van der Waals surface area contributed by atoms with E-state index in [1.54, 1.807) is 12.4 Å². The Kier molecular flexibility index (Phi) is 11.4. The van der Waals surface area contributed by atoms with Gasteiger partial charge >= 0.3 is 0 Å². The Labute approximate surface area is 341 Å². The first-order valence-electron chi connectivity index (χ1n) is 18.3. The van der Waals surface area contributed by atoms with Crippen LogP contribution in [0.15, 0.2) is 146 Å². The Morgan fingerprint density at radius 2 is 0.929 bits per heavy atom. The summed E-state index contributed by atoms with van der Waals surface area (Å²) in [5, 5.41) is 9.40. The van der Waals surface area contributed by atoms with Crippen molar-refractivity contribution in [3.05, 3.63) is 169 Å². The summed E-state index contributed by atoms with van der Waals surface area (Å²) in [5.41, 5.74) is 7.24. The lowest BCUT2D eigenvalue weighted by Gasteiger charge is -2.21. The number of alkyl halides is 2. The van der Waals surface area contributed by atoms with Gasteiger partial charge in [0.25, 0.3) is 0 Å². The molecule has 4 heterocycles. The van der Waals surface area contributed by atoms with Crippen LogP contribution in [0.1, 0.15) is 34.9 Å². The quantitative estimate of drug-likeness (QED) is 0.103. The number of hydrogen-bond donors (Lipinski definition) is 2. The van der Waals surface area contributed by atoms with E-state index >= 15 is 0 Å². The molecule has 8 rings (SSSR count). The maximum Gasteiger partial charge on any atom is 0.155 e. The number of aromatic nitrogens is 6. The number of ketones is 1. The van der Waals surface area contributed by atoms with E-state index in [2.05, 4.69) is 88.9 Å². The number of rotatable bonds is 14. The van der Waals surface area contributed by atoms with Crippen molar-refractivity contribution in [1.29, 1.82) is 0 Å². The van der Waals surface area contributed by atoms with Crippen molar-refractivity contribution >= 4 is 71.1 Å². The van der Waals surface area contributed by atoms with E-state index in [-0.39, 0.29) is 5.78 Å². The lowest BCUT2D eigenvalue weighted by molar-refractivity contribution is -0.121. The van der Waals surface area contributed by atoms with E-state index in [1.807, 2.05) is 97.1 Å². The minimum absolute atomic E-state index is 0.109. The molecule has 11 heteroatoms. The molecular formula is C45H36Br2N8O. The van der Waals surface area contributed by atoms with Crippen LogP contribution < -0.4 is 10.6 Å². The van der Waals surface area contributed by atoms with E-state index in [0.29, 0.717) is 47.0 Å². The number of Topliss-reactive ketones (excluding diaryl/α,β-unsaturated/α-hetero) is 1. The van der Waals surface area contributed by atoms with Crippen LogP contribution >= 0.6 is 31.9 Å². The Bertz CT molecular complexity index is 2420. The third-order valence-corrected chi connectivity index (χ3v) is 10.9. The van der Waals surface area contributed by atoms with Crippen LogP contribution in [0.25, 0.3) is 44.1 Å². The van der Waals surface area contributed by atoms with Crippen molar-refractivity contribution in [1.82, 2.24) is 29.9 Å². The molecule has 0 spiro atoms. The van der Waals surface area contributed by atoms with Gasteiger partial charge in [-0.2, -0.15) is 0 Å². The molecule has 0 fully saturated rings. The van der Waals surface area contributed by atoms with E-state index < -0.39 is 11.8 Å².